The first kappa shape index (κ1) is 31.8. The number of nitrogens with zero attached hydrogens (tertiary/aromatic N) is 3. The van der Waals surface area contributed by atoms with Gasteiger partial charge in [-0.2, -0.15) is 17.5 Å². The fraction of sp³-hybridized carbons (Fsp3) is 0.652. The third-order valence-electron chi connectivity index (χ3n) is 5.97. The minimum atomic E-state index is -5.08. The largest absolute Gasteiger partial charge is 0.497 e. The average Bonchev–Trinajstić information content (AvgIpc) is 2.91. The van der Waals surface area contributed by atoms with Crippen molar-refractivity contribution >= 4 is 21.9 Å². The lowest BCUT2D eigenvalue weighted by Gasteiger charge is -2.30. The second-order valence-electron chi connectivity index (χ2n) is 8.57. The molecule has 2 N–H and O–H groups in total. The van der Waals surface area contributed by atoms with Gasteiger partial charge in [-0.15, -0.1) is 0 Å². The van der Waals surface area contributed by atoms with Crippen LogP contribution in [0.1, 0.15) is 12.8 Å². The van der Waals surface area contributed by atoms with E-state index in [4.69, 9.17) is 19.4 Å². The molecule has 1 aromatic rings. The summed E-state index contributed by atoms with van der Waals surface area (Å²) in [6.45, 7) is 7.42. The lowest BCUT2D eigenvalue weighted by Crippen LogP contribution is -2.47. The fourth-order valence-electron chi connectivity index (χ4n) is 3.84. The molecule has 2 heterocycles. The van der Waals surface area contributed by atoms with E-state index in [1.807, 2.05) is 4.90 Å². The molecule has 0 unspecified atom stereocenters. The Morgan fingerprint density at radius 3 is 2.18 bits per heavy atom. The van der Waals surface area contributed by atoms with Crippen molar-refractivity contribution < 1.29 is 45.8 Å². The highest BCUT2D eigenvalue weighted by atomic mass is 32.2. The minimum absolute atomic E-state index is 0.00427. The van der Waals surface area contributed by atoms with Crippen LogP contribution in [0.5, 0.6) is 5.75 Å². The Bertz CT molecular complexity index is 982. The minimum Gasteiger partial charge on any atom is -0.497 e. The Labute approximate surface area is 220 Å². The zero-order valence-corrected chi connectivity index (χ0v) is 22.1. The number of carbonyl (C=O) groups excluding carboxylic acids is 1. The van der Waals surface area contributed by atoms with Gasteiger partial charge in [-0.25, -0.2) is 13.2 Å². The molecule has 0 spiro atoms. The van der Waals surface area contributed by atoms with E-state index < -0.39 is 22.2 Å². The predicted octanol–water partition coefficient (Wildman–Crippen LogP) is 0.863. The molecule has 11 nitrogen and oxygen atoms in total. The Morgan fingerprint density at radius 1 is 1.08 bits per heavy atom. The van der Waals surface area contributed by atoms with Crippen LogP contribution < -0.4 is 10.1 Å². The van der Waals surface area contributed by atoms with Crippen LogP contribution in [0, 0.1) is 0 Å². The number of piperazine rings is 1. The number of carbonyl (C=O) groups is 2. The van der Waals surface area contributed by atoms with E-state index in [0.717, 1.165) is 32.7 Å². The summed E-state index contributed by atoms with van der Waals surface area (Å²) >= 11 is 0. The molecular formula is C23H35F3N4O7S. The summed E-state index contributed by atoms with van der Waals surface area (Å²) in [7, 11) is -2.16. The molecule has 2 saturated heterocycles. The maximum atomic E-state index is 13.3. The molecule has 38 heavy (non-hydrogen) atoms. The second kappa shape index (κ2) is 15.2. The first-order valence-corrected chi connectivity index (χ1v) is 13.6. The van der Waals surface area contributed by atoms with E-state index in [1.54, 1.807) is 31.4 Å². The summed E-state index contributed by atoms with van der Waals surface area (Å²) in [4.78, 5) is 25.8. The van der Waals surface area contributed by atoms with Gasteiger partial charge in [0.05, 0.1) is 25.2 Å². The van der Waals surface area contributed by atoms with Gasteiger partial charge in [0.25, 0.3) is 0 Å². The molecule has 2 aliphatic heterocycles. The smallest absolute Gasteiger partial charge is 0.490 e. The highest BCUT2D eigenvalue weighted by Crippen LogP contribution is 2.20. The molecule has 3 rings (SSSR count). The van der Waals surface area contributed by atoms with Crippen molar-refractivity contribution in [1.82, 2.24) is 19.4 Å². The number of alkyl halides is 3. The van der Waals surface area contributed by atoms with Crippen molar-refractivity contribution in [2.75, 3.05) is 79.2 Å². The number of aliphatic carboxylic acids is 1. The van der Waals surface area contributed by atoms with Crippen molar-refractivity contribution in [1.29, 1.82) is 0 Å². The molecule has 0 bridgehead atoms. The molecule has 0 saturated carbocycles. The number of halogens is 3. The quantitative estimate of drug-likeness (QED) is 0.422. The maximum Gasteiger partial charge on any atom is 0.490 e. The topological polar surface area (TPSA) is 129 Å². The lowest BCUT2D eigenvalue weighted by atomic mass is 10.3. The Balaban J connectivity index is 0.000000638. The van der Waals surface area contributed by atoms with E-state index >= 15 is 0 Å². The summed E-state index contributed by atoms with van der Waals surface area (Å²) in [6, 6.07) is 6.40. The molecule has 0 radical (unpaired) electrons. The summed E-state index contributed by atoms with van der Waals surface area (Å²) < 4.78 is 70.3. The molecule has 0 aromatic heterocycles. The molecule has 2 fully saturated rings. The van der Waals surface area contributed by atoms with Crippen molar-refractivity contribution in [3.8, 4) is 5.75 Å². The van der Waals surface area contributed by atoms with Gasteiger partial charge in [0.1, 0.15) is 5.75 Å². The van der Waals surface area contributed by atoms with Crippen LogP contribution in [-0.4, -0.2) is 125 Å². The van der Waals surface area contributed by atoms with Crippen molar-refractivity contribution in [2.24, 2.45) is 0 Å². The van der Waals surface area contributed by atoms with E-state index in [9.17, 15) is 26.4 Å². The molecule has 0 aliphatic carbocycles. The Hall–Kier alpha value is -2.46. The van der Waals surface area contributed by atoms with Gasteiger partial charge in [-0.05, 0) is 37.2 Å². The van der Waals surface area contributed by atoms with Crippen LogP contribution in [0.25, 0.3) is 0 Å². The number of morpholine rings is 1. The van der Waals surface area contributed by atoms with E-state index in [0.29, 0.717) is 45.0 Å². The Morgan fingerprint density at radius 2 is 1.66 bits per heavy atom. The zero-order valence-electron chi connectivity index (χ0n) is 21.3. The number of hydrogen-bond acceptors (Lipinski definition) is 8. The van der Waals surface area contributed by atoms with E-state index in [-0.39, 0.29) is 23.8 Å². The third-order valence-corrected chi connectivity index (χ3v) is 7.88. The number of sulfonamides is 1. The number of rotatable bonds is 10. The van der Waals surface area contributed by atoms with Crippen LogP contribution in [0.3, 0.4) is 0 Å². The van der Waals surface area contributed by atoms with Crippen molar-refractivity contribution in [3.05, 3.63) is 24.3 Å². The molecule has 0 atom stereocenters. The van der Waals surface area contributed by atoms with Gasteiger partial charge in [0.2, 0.25) is 15.9 Å². The Kier molecular flexibility index (Phi) is 12.7. The number of benzene rings is 1. The van der Waals surface area contributed by atoms with Crippen molar-refractivity contribution in [3.63, 3.8) is 0 Å². The third kappa shape index (κ3) is 10.4. The fourth-order valence-corrected chi connectivity index (χ4v) is 5.32. The normalized spacial score (nSPS) is 17.0. The SMILES string of the molecule is COc1ccc(S(=O)(=O)N(CCCN2CCOCC2)CCC(=O)N2CCNCC2)cc1.O=C(O)C(F)(F)F. The number of methoxy groups -OCH3 is 1. The standard InChI is InChI=1S/C21H34N4O5S.C2HF3O2/c1-29-19-3-5-20(6-4-19)31(27,28)25(11-2-10-23-15-17-30-18-16-23)12-7-21(26)24-13-8-22-9-14-24;3-2(4,5)1(6)7/h3-6,22H,2,7-18H2,1H3;(H,6,7). The van der Waals surface area contributed by atoms with Crippen LogP contribution in [0.2, 0.25) is 0 Å². The first-order valence-electron chi connectivity index (χ1n) is 12.2. The summed E-state index contributed by atoms with van der Waals surface area (Å²) in [5, 5.41) is 10.3. The van der Waals surface area contributed by atoms with Gasteiger partial charge < -0.3 is 24.8 Å². The number of hydrogen-bond donors (Lipinski definition) is 2. The van der Waals surface area contributed by atoms with Crippen LogP contribution >= 0.6 is 0 Å². The number of nitrogens with one attached hydrogen (secondary N) is 1. The number of amides is 1. The van der Waals surface area contributed by atoms with Gasteiger partial charge in [-0.3, -0.25) is 9.69 Å². The van der Waals surface area contributed by atoms with Crippen molar-refractivity contribution in [2.45, 2.75) is 23.9 Å². The number of carboxylic acids is 1. The van der Waals surface area contributed by atoms with E-state index in [1.165, 1.54) is 4.31 Å². The van der Waals surface area contributed by atoms with E-state index in [2.05, 4.69) is 10.2 Å². The van der Waals surface area contributed by atoms with Crippen LogP contribution in [0.15, 0.2) is 29.2 Å². The molecule has 15 heteroatoms. The highest BCUT2D eigenvalue weighted by Gasteiger charge is 2.38. The predicted molar refractivity (Wildman–Crippen MR) is 131 cm³/mol. The first-order chi connectivity index (χ1) is 17.9. The zero-order chi connectivity index (χ0) is 28.2. The second-order valence-corrected chi connectivity index (χ2v) is 10.5. The summed E-state index contributed by atoms with van der Waals surface area (Å²) in [6.07, 6.45) is -4.19. The summed E-state index contributed by atoms with van der Waals surface area (Å²) in [5.74, 6) is -2.15. The monoisotopic (exact) mass is 568 g/mol. The molecule has 1 amide bonds. The molecule has 2 aliphatic rings. The van der Waals surface area contributed by atoms with Gasteiger partial charge in [-0.1, -0.05) is 0 Å². The number of carboxylic acid groups (broad SMARTS) is 1. The van der Waals surface area contributed by atoms with Crippen LogP contribution in [-0.2, 0) is 24.3 Å². The van der Waals surface area contributed by atoms with Gasteiger partial charge in [0, 0.05) is 58.8 Å². The average molecular weight is 569 g/mol. The van der Waals surface area contributed by atoms with Gasteiger partial charge >= 0.3 is 12.1 Å². The maximum absolute atomic E-state index is 13.3. The highest BCUT2D eigenvalue weighted by molar-refractivity contribution is 7.89. The number of ether oxygens (including phenoxy) is 2. The molecular weight excluding hydrogens is 533 g/mol. The summed E-state index contributed by atoms with van der Waals surface area (Å²) in [5.41, 5.74) is 0. The van der Waals surface area contributed by atoms with Crippen LogP contribution in [0.4, 0.5) is 13.2 Å². The lowest BCUT2D eigenvalue weighted by molar-refractivity contribution is -0.192. The molecule has 216 valence electrons. The van der Waals surface area contributed by atoms with Gasteiger partial charge in [0.15, 0.2) is 0 Å². The molecule has 1 aromatic carbocycles.